The smallest absolute Gasteiger partial charge is 0.197 e. The fraction of sp³-hybridized carbons (Fsp3) is 0.158. The van der Waals surface area contributed by atoms with Gasteiger partial charge < -0.3 is 9.47 Å². The Hall–Kier alpha value is -2.88. The zero-order valence-electron chi connectivity index (χ0n) is 13.2. The van der Waals surface area contributed by atoms with E-state index in [0.29, 0.717) is 22.6 Å². The van der Waals surface area contributed by atoms with E-state index in [1.54, 1.807) is 50.6 Å². The lowest BCUT2D eigenvalue weighted by Crippen LogP contribution is -2.01. The van der Waals surface area contributed by atoms with Crippen LogP contribution in [0.4, 0.5) is 0 Å². The summed E-state index contributed by atoms with van der Waals surface area (Å²) in [5.41, 5.74) is 2.75. The van der Waals surface area contributed by atoms with E-state index in [2.05, 4.69) is 0 Å². The van der Waals surface area contributed by atoms with Gasteiger partial charge in [-0.3, -0.25) is 9.59 Å². The Balaban J connectivity index is 2.10. The first-order chi connectivity index (χ1) is 11.1. The van der Waals surface area contributed by atoms with Crippen LogP contribution in [-0.2, 0) is 0 Å². The fourth-order valence-corrected chi connectivity index (χ4v) is 2.71. The van der Waals surface area contributed by atoms with E-state index >= 15 is 0 Å². The highest BCUT2D eigenvalue weighted by Gasteiger charge is 2.32. The first kappa shape index (κ1) is 15.0. The zero-order chi connectivity index (χ0) is 16.6. The minimum atomic E-state index is -0.236. The van der Waals surface area contributed by atoms with Gasteiger partial charge >= 0.3 is 0 Å². The van der Waals surface area contributed by atoms with Crippen molar-refractivity contribution >= 4 is 17.6 Å². The maximum atomic E-state index is 12.5. The summed E-state index contributed by atoms with van der Waals surface area (Å²) >= 11 is 0. The summed E-state index contributed by atoms with van der Waals surface area (Å²) < 4.78 is 10.5. The van der Waals surface area contributed by atoms with Gasteiger partial charge in [0.25, 0.3) is 0 Å². The van der Waals surface area contributed by atoms with Crippen molar-refractivity contribution in [3.63, 3.8) is 0 Å². The molecule has 0 amide bonds. The molecule has 0 heterocycles. The molecule has 0 saturated heterocycles. The van der Waals surface area contributed by atoms with Crippen molar-refractivity contribution in [1.29, 1.82) is 0 Å². The molecule has 116 valence electrons. The third-order valence-corrected chi connectivity index (χ3v) is 3.98. The summed E-state index contributed by atoms with van der Waals surface area (Å²) in [6.45, 7) is 1.89. The minimum Gasteiger partial charge on any atom is -0.493 e. The zero-order valence-corrected chi connectivity index (χ0v) is 13.2. The summed E-state index contributed by atoms with van der Waals surface area (Å²) in [6, 6.07) is 10.5. The van der Waals surface area contributed by atoms with Crippen LogP contribution in [0, 0.1) is 6.92 Å². The summed E-state index contributed by atoms with van der Waals surface area (Å²) in [6.07, 6.45) is 1.63. The molecule has 0 aliphatic heterocycles. The van der Waals surface area contributed by atoms with Gasteiger partial charge in [0.05, 0.1) is 19.8 Å². The molecule has 1 aliphatic carbocycles. The number of ketones is 2. The number of fused-ring (bicyclic) bond motifs is 1. The largest absolute Gasteiger partial charge is 0.493 e. The molecular weight excluding hydrogens is 292 g/mol. The fourth-order valence-electron chi connectivity index (χ4n) is 2.71. The molecule has 0 fully saturated rings. The van der Waals surface area contributed by atoms with Crippen molar-refractivity contribution in [2.24, 2.45) is 0 Å². The molecule has 0 bridgehead atoms. The number of carbonyl (C=O) groups excluding carboxylic acids is 2. The molecule has 0 atom stereocenters. The SMILES string of the molecule is COc1cc(C)c(C=C2C(=O)c3ccccc3C2=O)cc1OC. The molecule has 3 rings (SSSR count). The number of rotatable bonds is 3. The quantitative estimate of drug-likeness (QED) is 0.643. The second-order valence-corrected chi connectivity index (χ2v) is 5.33. The maximum absolute atomic E-state index is 12.5. The Bertz CT molecular complexity index is 809. The number of benzene rings is 2. The summed E-state index contributed by atoms with van der Waals surface area (Å²) in [4.78, 5) is 24.9. The third-order valence-electron chi connectivity index (χ3n) is 3.98. The van der Waals surface area contributed by atoms with Crippen LogP contribution in [0.2, 0.25) is 0 Å². The molecule has 4 nitrogen and oxygen atoms in total. The molecule has 1 aliphatic rings. The van der Waals surface area contributed by atoms with Gasteiger partial charge in [0, 0.05) is 11.1 Å². The van der Waals surface area contributed by atoms with E-state index in [1.165, 1.54) is 0 Å². The lowest BCUT2D eigenvalue weighted by atomic mass is 10.0. The van der Waals surface area contributed by atoms with Gasteiger partial charge in [-0.25, -0.2) is 0 Å². The number of carbonyl (C=O) groups is 2. The van der Waals surface area contributed by atoms with Crippen LogP contribution in [-0.4, -0.2) is 25.8 Å². The lowest BCUT2D eigenvalue weighted by molar-refractivity contribution is 0.0990. The Kier molecular flexibility index (Phi) is 3.74. The van der Waals surface area contributed by atoms with Crippen molar-refractivity contribution in [2.75, 3.05) is 14.2 Å². The van der Waals surface area contributed by atoms with Crippen LogP contribution in [0.15, 0.2) is 42.0 Å². The molecular formula is C19H16O4. The summed E-state index contributed by atoms with van der Waals surface area (Å²) in [5, 5.41) is 0. The van der Waals surface area contributed by atoms with Crippen LogP contribution in [0.3, 0.4) is 0 Å². The molecule has 2 aromatic carbocycles. The second kappa shape index (κ2) is 5.72. The van der Waals surface area contributed by atoms with Crippen molar-refractivity contribution < 1.29 is 19.1 Å². The van der Waals surface area contributed by atoms with Crippen LogP contribution in [0.1, 0.15) is 31.8 Å². The number of hydrogen-bond acceptors (Lipinski definition) is 4. The molecule has 0 aromatic heterocycles. The number of allylic oxidation sites excluding steroid dienone is 1. The van der Waals surface area contributed by atoms with Crippen LogP contribution >= 0.6 is 0 Å². The average molecular weight is 308 g/mol. The van der Waals surface area contributed by atoms with Gasteiger partial charge in [0.1, 0.15) is 0 Å². The number of methoxy groups -OCH3 is 2. The maximum Gasteiger partial charge on any atom is 0.197 e. The lowest BCUT2D eigenvalue weighted by Gasteiger charge is -2.11. The molecule has 0 radical (unpaired) electrons. The Morgan fingerprint density at radius 1 is 0.870 bits per heavy atom. The average Bonchev–Trinajstić information content (AvgIpc) is 2.81. The van der Waals surface area contributed by atoms with Crippen molar-refractivity contribution in [3.05, 3.63) is 64.2 Å². The van der Waals surface area contributed by atoms with E-state index in [1.807, 2.05) is 13.0 Å². The van der Waals surface area contributed by atoms with Gasteiger partial charge in [-0.15, -0.1) is 0 Å². The highest BCUT2D eigenvalue weighted by atomic mass is 16.5. The van der Waals surface area contributed by atoms with Gasteiger partial charge in [-0.1, -0.05) is 24.3 Å². The van der Waals surface area contributed by atoms with Crippen LogP contribution in [0.5, 0.6) is 11.5 Å². The number of ether oxygens (including phenoxy) is 2. The predicted octanol–water partition coefficient (Wildman–Crippen LogP) is 3.47. The highest BCUT2D eigenvalue weighted by molar-refractivity contribution is 6.41. The molecule has 2 aromatic rings. The molecule has 0 unspecified atom stereocenters. The molecule has 0 spiro atoms. The van der Waals surface area contributed by atoms with Gasteiger partial charge in [-0.2, -0.15) is 0 Å². The summed E-state index contributed by atoms with van der Waals surface area (Å²) in [7, 11) is 3.11. The number of Topliss-reactive ketones (excluding diaryl/α,β-unsaturated/α-hetero) is 2. The van der Waals surface area contributed by atoms with E-state index < -0.39 is 0 Å². The van der Waals surface area contributed by atoms with E-state index in [-0.39, 0.29) is 17.1 Å². The Morgan fingerprint density at radius 2 is 1.39 bits per heavy atom. The molecule has 0 N–H and O–H groups in total. The summed E-state index contributed by atoms with van der Waals surface area (Å²) in [5.74, 6) is 0.694. The van der Waals surface area contributed by atoms with E-state index in [9.17, 15) is 9.59 Å². The molecule has 23 heavy (non-hydrogen) atoms. The second-order valence-electron chi connectivity index (χ2n) is 5.33. The topological polar surface area (TPSA) is 52.6 Å². The van der Waals surface area contributed by atoms with Gasteiger partial charge in [0.15, 0.2) is 23.1 Å². The Morgan fingerprint density at radius 3 is 1.91 bits per heavy atom. The normalized spacial score (nSPS) is 13.1. The van der Waals surface area contributed by atoms with Crippen LogP contribution in [0.25, 0.3) is 6.08 Å². The predicted molar refractivity (Wildman–Crippen MR) is 87.4 cm³/mol. The van der Waals surface area contributed by atoms with Crippen molar-refractivity contribution in [2.45, 2.75) is 6.92 Å². The minimum absolute atomic E-state index is 0.182. The van der Waals surface area contributed by atoms with Crippen molar-refractivity contribution in [3.8, 4) is 11.5 Å². The first-order valence-electron chi connectivity index (χ1n) is 7.19. The van der Waals surface area contributed by atoms with E-state index in [0.717, 1.165) is 11.1 Å². The van der Waals surface area contributed by atoms with Crippen LogP contribution < -0.4 is 9.47 Å². The monoisotopic (exact) mass is 308 g/mol. The molecule has 0 saturated carbocycles. The number of aryl methyl sites for hydroxylation is 1. The third kappa shape index (κ3) is 2.42. The van der Waals surface area contributed by atoms with Gasteiger partial charge in [0.2, 0.25) is 0 Å². The van der Waals surface area contributed by atoms with Crippen molar-refractivity contribution in [1.82, 2.24) is 0 Å². The first-order valence-corrected chi connectivity index (χ1v) is 7.19. The molecule has 4 heteroatoms. The number of hydrogen-bond donors (Lipinski definition) is 0. The standard InChI is InChI=1S/C19H16O4/c1-11-8-16(22-2)17(23-3)10-12(11)9-15-18(20)13-6-4-5-7-14(13)19(15)21/h4-10H,1-3H3. The highest BCUT2D eigenvalue weighted by Crippen LogP contribution is 2.33. The van der Waals surface area contributed by atoms with E-state index in [4.69, 9.17) is 9.47 Å². The van der Waals surface area contributed by atoms with Gasteiger partial charge in [-0.05, 0) is 36.3 Å². The Labute approximate surface area is 134 Å².